The summed E-state index contributed by atoms with van der Waals surface area (Å²) in [6.07, 6.45) is 9.23. The maximum atomic E-state index is 12.7. The van der Waals surface area contributed by atoms with Gasteiger partial charge in [0, 0.05) is 18.3 Å². The van der Waals surface area contributed by atoms with Crippen molar-refractivity contribution in [2.45, 2.75) is 70.0 Å². The largest absolute Gasteiger partial charge is 0.481 e. The fourth-order valence-electron chi connectivity index (χ4n) is 8.17. The topological polar surface area (TPSA) is 83.8 Å². The van der Waals surface area contributed by atoms with Gasteiger partial charge in [-0.2, -0.15) is 0 Å². The highest BCUT2D eigenvalue weighted by atomic mass is 16.6. The second-order valence-corrected chi connectivity index (χ2v) is 9.82. The number of hydrogen-bond acceptors (Lipinski definition) is 4. The van der Waals surface area contributed by atoms with E-state index in [1.165, 1.54) is 0 Å². The van der Waals surface area contributed by atoms with Gasteiger partial charge < -0.3 is 14.9 Å². The van der Waals surface area contributed by atoms with Gasteiger partial charge in [0.15, 0.2) is 0 Å². The second-order valence-electron chi connectivity index (χ2n) is 9.82. The van der Waals surface area contributed by atoms with Crippen LogP contribution in [0.25, 0.3) is 0 Å². The Hall–Kier alpha value is -1.36. The van der Waals surface area contributed by atoms with Crippen molar-refractivity contribution in [1.29, 1.82) is 0 Å². The molecule has 5 rings (SSSR count). The Morgan fingerprint density at radius 1 is 1.42 bits per heavy atom. The molecule has 0 aromatic heterocycles. The molecule has 5 nitrogen and oxygen atoms in total. The van der Waals surface area contributed by atoms with Crippen molar-refractivity contribution in [3.63, 3.8) is 0 Å². The van der Waals surface area contributed by atoms with Crippen LogP contribution in [0.4, 0.5) is 0 Å². The minimum atomic E-state index is -0.853. The molecule has 0 unspecified atom stereocenters. The summed E-state index contributed by atoms with van der Waals surface area (Å²) >= 11 is 0. The minimum absolute atomic E-state index is 0.0407. The van der Waals surface area contributed by atoms with Gasteiger partial charge in [-0.3, -0.25) is 9.59 Å². The van der Waals surface area contributed by atoms with E-state index < -0.39 is 33.9 Å². The normalized spacial score (nSPS) is 56.2. The number of fused-ring (bicyclic) bond motifs is 1. The van der Waals surface area contributed by atoms with Crippen LogP contribution in [0.5, 0.6) is 0 Å². The number of carboxylic acids is 1. The predicted octanol–water partition coefficient (Wildman–Crippen LogP) is 2.92. The zero-order valence-electron chi connectivity index (χ0n) is 15.5. The van der Waals surface area contributed by atoms with E-state index >= 15 is 0 Å². The van der Waals surface area contributed by atoms with Crippen LogP contribution in [0.2, 0.25) is 0 Å². The van der Waals surface area contributed by atoms with Gasteiger partial charge in [-0.15, -0.1) is 0 Å². The lowest BCUT2D eigenvalue weighted by Gasteiger charge is -2.45. The third-order valence-electron chi connectivity index (χ3n) is 8.82. The van der Waals surface area contributed by atoms with Gasteiger partial charge in [0.05, 0.1) is 16.9 Å². The van der Waals surface area contributed by atoms with E-state index in [0.29, 0.717) is 19.3 Å². The van der Waals surface area contributed by atoms with E-state index in [9.17, 15) is 19.8 Å². The summed E-state index contributed by atoms with van der Waals surface area (Å²) in [7, 11) is 0. The Kier molecular flexibility index (Phi) is 3.05. The first-order valence-electron chi connectivity index (χ1n) is 10.1. The number of aliphatic carboxylic acids is 1. The van der Waals surface area contributed by atoms with E-state index in [1.807, 2.05) is 19.1 Å². The molecule has 4 fully saturated rings. The molecule has 8 atom stereocenters. The van der Waals surface area contributed by atoms with Crippen molar-refractivity contribution in [1.82, 2.24) is 0 Å². The third-order valence-corrected chi connectivity index (χ3v) is 8.82. The molecule has 0 aromatic rings. The van der Waals surface area contributed by atoms with Crippen LogP contribution in [0, 0.1) is 34.5 Å². The van der Waals surface area contributed by atoms with Crippen molar-refractivity contribution in [2.24, 2.45) is 34.5 Å². The number of carboxylic acid groups (broad SMARTS) is 1. The summed E-state index contributed by atoms with van der Waals surface area (Å²) < 4.78 is 6.08. The van der Waals surface area contributed by atoms with Crippen LogP contribution < -0.4 is 0 Å². The number of carbonyl (C=O) groups excluding carboxylic acids is 1. The van der Waals surface area contributed by atoms with Crippen LogP contribution >= 0.6 is 0 Å². The van der Waals surface area contributed by atoms with Gasteiger partial charge in [-0.1, -0.05) is 25.5 Å². The SMILES string of the molecule is CCC[C@H]1C[C@]23C[C@@]1(O)CC[C@H]2[C@@]12CC=C[C@](C)(C(=O)O1)[C@H]2[C@@H]3C(=O)O. The highest BCUT2D eigenvalue weighted by molar-refractivity contribution is 5.86. The van der Waals surface area contributed by atoms with Gasteiger partial charge in [0.2, 0.25) is 0 Å². The molecule has 2 N–H and O–H groups in total. The number of hydrogen-bond donors (Lipinski definition) is 2. The number of rotatable bonds is 3. The molecule has 1 aliphatic heterocycles. The third kappa shape index (κ3) is 1.59. The van der Waals surface area contributed by atoms with Gasteiger partial charge >= 0.3 is 11.9 Å². The standard InChI is InChI=1S/C21H28O5/c1-3-5-12-10-19-11-20(12,25)9-6-13(19)21-8-4-7-18(2,17(24)26-21)15(21)14(19)16(22)23/h4,7,12-15,25H,3,5-6,8-11H2,1-2H3,(H,22,23)/t12-,13+,14+,15+,18-,19-,20-,21+/m0/s1. The first kappa shape index (κ1) is 16.8. The summed E-state index contributed by atoms with van der Waals surface area (Å²) in [5.74, 6) is -1.82. The summed E-state index contributed by atoms with van der Waals surface area (Å²) in [6.45, 7) is 3.98. The molecule has 4 bridgehead atoms. The maximum absolute atomic E-state index is 12.7. The van der Waals surface area contributed by atoms with Crippen molar-refractivity contribution >= 4 is 11.9 Å². The van der Waals surface area contributed by atoms with Crippen molar-refractivity contribution in [3.05, 3.63) is 12.2 Å². The second kappa shape index (κ2) is 4.73. The van der Waals surface area contributed by atoms with Gasteiger partial charge in [-0.25, -0.2) is 0 Å². The molecular weight excluding hydrogens is 332 g/mol. The molecule has 1 saturated heterocycles. The first-order valence-corrected chi connectivity index (χ1v) is 10.1. The summed E-state index contributed by atoms with van der Waals surface area (Å²) in [4.78, 5) is 25.3. The van der Waals surface area contributed by atoms with Crippen LogP contribution in [0.15, 0.2) is 12.2 Å². The first-order chi connectivity index (χ1) is 12.2. The lowest BCUT2D eigenvalue weighted by atomic mass is 9.62. The number of esters is 1. The molecule has 4 aliphatic carbocycles. The van der Waals surface area contributed by atoms with E-state index in [4.69, 9.17) is 4.74 Å². The average molecular weight is 360 g/mol. The Labute approximate surface area is 153 Å². The smallest absolute Gasteiger partial charge is 0.316 e. The van der Waals surface area contributed by atoms with E-state index in [0.717, 1.165) is 25.7 Å². The van der Waals surface area contributed by atoms with Crippen molar-refractivity contribution < 1.29 is 24.5 Å². The average Bonchev–Trinajstić information content (AvgIpc) is 2.97. The molecule has 3 saturated carbocycles. The number of ether oxygens (including phenoxy) is 1. The van der Waals surface area contributed by atoms with Crippen molar-refractivity contribution in [3.8, 4) is 0 Å². The molecule has 5 heteroatoms. The van der Waals surface area contributed by atoms with Crippen LogP contribution in [-0.4, -0.2) is 33.4 Å². The molecular formula is C21H28O5. The Morgan fingerprint density at radius 2 is 2.19 bits per heavy atom. The lowest BCUT2D eigenvalue weighted by molar-refractivity contribution is -0.162. The van der Waals surface area contributed by atoms with E-state index in [1.54, 1.807) is 0 Å². The molecule has 1 heterocycles. The zero-order valence-corrected chi connectivity index (χ0v) is 15.5. The quantitative estimate of drug-likeness (QED) is 0.597. The lowest BCUT2D eigenvalue weighted by Crippen LogP contribution is -2.47. The molecule has 5 aliphatic rings. The van der Waals surface area contributed by atoms with E-state index in [2.05, 4.69) is 6.92 Å². The molecule has 1 spiro atoms. The van der Waals surface area contributed by atoms with Gasteiger partial charge in [0.1, 0.15) is 5.60 Å². The van der Waals surface area contributed by atoms with Crippen molar-refractivity contribution in [2.75, 3.05) is 0 Å². The fraction of sp³-hybridized carbons (Fsp3) is 0.810. The number of aliphatic hydroxyl groups is 1. The Bertz CT molecular complexity index is 730. The maximum Gasteiger partial charge on any atom is 0.316 e. The Morgan fingerprint density at radius 3 is 2.88 bits per heavy atom. The molecule has 0 aromatic carbocycles. The minimum Gasteiger partial charge on any atom is -0.481 e. The van der Waals surface area contributed by atoms with E-state index in [-0.39, 0.29) is 23.7 Å². The summed E-state index contributed by atoms with van der Waals surface area (Å²) in [6, 6.07) is 0. The molecule has 26 heavy (non-hydrogen) atoms. The van der Waals surface area contributed by atoms with Gasteiger partial charge in [0.25, 0.3) is 0 Å². The zero-order chi connectivity index (χ0) is 18.5. The fourth-order valence-corrected chi connectivity index (χ4v) is 8.17. The summed E-state index contributed by atoms with van der Waals surface area (Å²) in [5, 5.41) is 21.6. The number of carbonyl (C=O) groups is 2. The molecule has 0 radical (unpaired) electrons. The highest BCUT2D eigenvalue weighted by Gasteiger charge is 2.82. The molecule has 142 valence electrons. The van der Waals surface area contributed by atoms with Gasteiger partial charge in [-0.05, 0) is 50.4 Å². The summed E-state index contributed by atoms with van der Waals surface area (Å²) in [5.41, 5.74) is -2.74. The predicted molar refractivity (Wildman–Crippen MR) is 93.0 cm³/mol. The Balaban J connectivity index is 1.69. The highest BCUT2D eigenvalue weighted by Crippen LogP contribution is 2.78. The van der Waals surface area contributed by atoms with Crippen LogP contribution in [-0.2, 0) is 14.3 Å². The van der Waals surface area contributed by atoms with Crippen LogP contribution in [0.3, 0.4) is 0 Å². The monoisotopic (exact) mass is 360 g/mol. The molecule has 0 amide bonds. The van der Waals surface area contributed by atoms with Crippen LogP contribution in [0.1, 0.15) is 58.8 Å².